The highest BCUT2D eigenvalue weighted by atomic mass is 127. The first-order chi connectivity index (χ1) is 10.1. The zero-order chi connectivity index (χ0) is 14.7. The van der Waals surface area contributed by atoms with Crippen LogP contribution in [-0.2, 0) is 16.4 Å². The average molecular weight is 455 g/mol. The first-order valence-corrected chi connectivity index (χ1v) is 10.1. The monoisotopic (exact) mass is 455 g/mol. The van der Waals surface area contributed by atoms with Crippen molar-refractivity contribution >= 4 is 51.1 Å². The summed E-state index contributed by atoms with van der Waals surface area (Å²) < 4.78 is 23.0. The molecule has 0 aromatic carbocycles. The maximum Gasteiger partial charge on any atom is 0.191 e. The second kappa shape index (κ2) is 7.96. The Morgan fingerprint density at radius 1 is 1.36 bits per heavy atom. The maximum absolute atomic E-state index is 11.5. The molecule has 0 spiro atoms. The fraction of sp³-hybridized carbons (Fsp3) is 0.643. The van der Waals surface area contributed by atoms with E-state index in [4.69, 9.17) is 0 Å². The maximum atomic E-state index is 11.5. The lowest BCUT2D eigenvalue weighted by Crippen LogP contribution is -2.41. The minimum atomic E-state index is -2.80. The van der Waals surface area contributed by atoms with Gasteiger partial charge in [0.05, 0.1) is 18.1 Å². The summed E-state index contributed by atoms with van der Waals surface area (Å²) in [7, 11) is -2.80. The van der Waals surface area contributed by atoms with Crippen molar-refractivity contribution in [3.63, 3.8) is 0 Å². The summed E-state index contributed by atoms with van der Waals surface area (Å²) in [4.78, 5) is 5.83. The van der Waals surface area contributed by atoms with Crippen molar-refractivity contribution in [3.8, 4) is 0 Å². The van der Waals surface area contributed by atoms with Gasteiger partial charge in [-0.05, 0) is 36.6 Å². The topological polar surface area (TPSA) is 70.6 Å². The Hall–Kier alpha value is -0.350. The molecular formula is C14H22IN3O2S2. The van der Waals surface area contributed by atoms with Gasteiger partial charge in [0.1, 0.15) is 0 Å². The summed E-state index contributed by atoms with van der Waals surface area (Å²) in [5.41, 5.74) is 0. The van der Waals surface area contributed by atoms with Gasteiger partial charge in [0.15, 0.2) is 15.8 Å². The van der Waals surface area contributed by atoms with Gasteiger partial charge in [-0.2, -0.15) is 0 Å². The molecule has 1 saturated carbocycles. The van der Waals surface area contributed by atoms with E-state index in [9.17, 15) is 8.42 Å². The Morgan fingerprint density at radius 3 is 2.77 bits per heavy atom. The van der Waals surface area contributed by atoms with Crippen molar-refractivity contribution in [3.05, 3.63) is 22.4 Å². The zero-order valence-electron chi connectivity index (χ0n) is 12.3. The largest absolute Gasteiger partial charge is 0.356 e. The van der Waals surface area contributed by atoms with Crippen molar-refractivity contribution in [2.45, 2.75) is 31.8 Å². The summed E-state index contributed by atoms with van der Waals surface area (Å²) in [6.45, 7) is 1.35. The van der Waals surface area contributed by atoms with Crippen LogP contribution >= 0.6 is 35.3 Å². The van der Waals surface area contributed by atoms with E-state index in [-0.39, 0.29) is 29.9 Å². The summed E-state index contributed by atoms with van der Waals surface area (Å²) in [5, 5.41) is 8.76. The molecule has 8 heteroatoms. The van der Waals surface area contributed by atoms with Crippen molar-refractivity contribution in [1.82, 2.24) is 10.6 Å². The van der Waals surface area contributed by atoms with Crippen LogP contribution in [0.1, 0.15) is 24.1 Å². The summed E-state index contributed by atoms with van der Waals surface area (Å²) in [6, 6.07) is 4.64. The van der Waals surface area contributed by atoms with Crippen LogP contribution in [0.5, 0.6) is 0 Å². The molecule has 2 fully saturated rings. The lowest BCUT2D eigenvalue weighted by molar-refractivity contribution is 0.566. The quantitative estimate of drug-likeness (QED) is 0.405. The van der Waals surface area contributed by atoms with E-state index in [2.05, 4.69) is 27.1 Å². The second-order valence-electron chi connectivity index (χ2n) is 5.81. The van der Waals surface area contributed by atoms with Crippen LogP contribution in [0, 0.1) is 5.92 Å². The molecule has 1 unspecified atom stereocenters. The molecule has 2 N–H and O–H groups in total. The molecule has 1 saturated heterocycles. The number of nitrogens with zero attached hydrogens (tertiary/aromatic N) is 1. The summed E-state index contributed by atoms with van der Waals surface area (Å²) in [5.74, 6) is 1.66. The van der Waals surface area contributed by atoms with Crippen LogP contribution in [0.4, 0.5) is 0 Å². The third-order valence-corrected chi connectivity index (χ3v) is 6.47. The van der Waals surface area contributed by atoms with Gasteiger partial charge in [-0.3, -0.25) is 0 Å². The highest BCUT2D eigenvalue weighted by Crippen LogP contribution is 2.19. The Balaban J connectivity index is 0.00000176. The summed E-state index contributed by atoms with van der Waals surface area (Å²) in [6.07, 6.45) is 3.14. The van der Waals surface area contributed by atoms with Crippen LogP contribution in [0.25, 0.3) is 0 Å². The van der Waals surface area contributed by atoms with Crippen LogP contribution in [0.15, 0.2) is 22.5 Å². The number of hydrogen-bond acceptors (Lipinski definition) is 4. The lowest BCUT2D eigenvalue weighted by Gasteiger charge is -2.14. The highest BCUT2D eigenvalue weighted by molar-refractivity contribution is 14.0. The van der Waals surface area contributed by atoms with Gasteiger partial charge in [0.2, 0.25) is 0 Å². The van der Waals surface area contributed by atoms with E-state index < -0.39 is 9.84 Å². The van der Waals surface area contributed by atoms with E-state index in [1.165, 1.54) is 17.7 Å². The van der Waals surface area contributed by atoms with Gasteiger partial charge in [0.25, 0.3) is 0 Å². The molecule has 1 aromatic heterocycles. The van der Waals surface area contributed by atoms with E-state index >= 15 is 0 Å². The van der Waals surface area contributed by atoms with Crippen molar-refractivity contribution in [2.24, 2.45) is 10.9 Å². The number of aliphatic imine (C=N–C) groups is 1. The number of sulfone groups is 1. The minimum absolute atomic E-state index is 0. The predicted octanol–water partition coefficient (Wildman–Crippen LogP) is 2.00. The number of nitrogens with one attached hydrogen (secondary N) is 2. The number of rotatable bonds is 5. The molecule has 0 bridgehead atoms. The van der Waals surface area contributed by atoms with Crippen LogP contribution in [0.2, 0.25) is 0 Å². The van der Waals surface area contributed by atoms with Crippen molar-refractivity contribution in [1.29, 1.82) is 0 Å². The van der Waals surface area contributed by atoms with Gasteiger partial charge in [-0.1, -0.05) is 6.07 Å². The number of halogens is 1. The van der Waals surface area contributed by atoms with Crippen molar-refractivity contribution < 1.29 is 8.42 Å². The van der Waals surface area contributed by atoms with E-state index in [0.29, 0.717) is 30.6 Å². The molecule has 0 radical (unpaired) electrons. The Morgan fingerprint density at radius 2 is 2.18 bits per heavy atom. The average Bonchev–Trinajstić information content (AvgIpc) is 2.97. The molecule has 2 heterocycles. The molecule has 5 nitrogen and oxygen atoms in total. The standard InChI is InChI=1S/C14H21N3O2S2.HI/c18-21(19)7-5-11(10-21)8-15-14(17-12-3-4-12)16-9-13-2-1-6-20-13;/h1-2,6,11-12H,3-5,7-10H2,(H2,15,16,17);1H. The molecule has 1 aliphatic heterocycles. The molecule has 1 aliphatic carbocycles. The van der Waals surface area contributed by atoms with Crippen LogP contribution in [0.3, 0.4) is 0 Å². The van der Waals surface area contributed by atoms with E-state index in [1.54, 1.807) is 11.3 Å². The van der Waals surface area contributed by atoms with Crippen LogP contribution in [-0.4, -0.2) is 38.5 Å². The number of guanidine groups is 1. The Kier molecular flexibility index (Phi) is 6.51. The van der Waals surface area contributed by atoms with E-state index in [1.807, 2.05) is 6.07 Å². The van der Waals surface area contributed by atoms with Gasteiger partial charge in [-0.25, -0.2) is 13.4 Å². The molecule has 124 valence electrons. The summed E-state index contributed by atoms with van der Waals surface area (Å²) >= 11 is 1.70. The molecular weight excluding hydrogens is 433 g/mol. The van der Waals surface area contributed by atoms with Gasteiger partial charge >= 0.3 is 0 Å². The second-order valence-corrected chi connectivity index (χ2v) is 9.07. The lowest BCUT2D eigenvalue weighted by atomic mass is 10.1. The van der Waals surface area contributed by atoms with Gasteiger partial charge in [0, 0.05) is 17.5 Å². The molecule has 22 heavy (non-hydrogen) atoms. The first kappa shape index (κ1) is 18.0. The third kappa shape index (κ3) is 5.69. The molecule has 0 amide bonds. The molecule has 1 atom stereocenters. The highest BCUT2D eigenvalue weighted by Gasteiger charge is 2.28. The van der Waals surface area contributed by atoms with Crippen molar-refractivity contribution in [2.75, 3.05) is 18.1 Å². The predicted molar refractivity (Wildman–Crippen MR) is 102 cm³/mol. The van der Waals surface area contributed by atoms with E-state index in [0.717, 1.165) is 12.4 Å². The van der Waals surface area contributed by atoms with Gasteiger partial charge < -0.3 is 10.6 Å². The molecule has 1 aromatic rings. The Labute approximate surface area is 152 Å². The van der Waals surface area contributed by atoms with Crippen LogP contribution < -0.4 is 10.6 Å². The fourth-order valence-electron chi connectivity index (χ4n) is 2.41. The SMILES string of the molecule is I.O=S1(=O)CCC(CNC(=NCc2cccs2)NC2CC2)C1. The third-order valence-electron chi connectivity index (χ3n) is 3.78. The minimum Gasteiger partial charge on any atom is -0.356 e. The Bertz CT molecular complexity index is 598. The zero-order valence-corrected chi connectivity index (χ0v) is 16.3. The number of hydrogen-bond donors (Lipinski definition) is 2. The molecule has 2 aliphatic rings. The van der Waals surface area contributed by atoms with Gasteiger partial charge in [-0.15, -0.1) is 35.3 Å². The fourth-order valence-corrected chi connectivity index (χ4v) is 4.90. The normalized spacial score (nSPS) is 23.8. The molecule has 3 rings (SSSR count). The smallest absolute Gasteiger partial charge is 0.191 e. The first-order valence-electron chi connectivity index (χ1n) is 7.38. The number of thiophene rings is 1.